The molecule has 14 heavy (non-hydrogen) atoms. The summed E-state index contributed by atoms with van der Waals surface area (Å²) in [6.45, 7) is 7.67. The average Bonchev–Trinajstić information content (AvgIpc) is 2.50. The highest BCUT2D eigenvalue weighted by molar-refractivity contribution is 5.14. The number of hydrogen-bond donors (Lipinski definition) is 2. The number of nitrogens with zero attached hydrogens (tertiary/aromatic N) is 1. The van der Waals surface area contributed by atoms with Crippen molar-refractivity contribution in [3.63, 3.8) is 0 Å². The van der Waals surface area contributed by atoms with E-state index in [2.05, 4.69) is 36.3 Å². The molecule has 0 spiro atoms. The van der Waals surface area contributed by atoms with E-state index >= 15 is 0 Å². The zero-order valence-electron chi connectivity index (χ0n) is 9.22. The molecule has 1 unspecified atom stereocenters. The first-order valence-electron chi connectivity index (χ1n) is 5.32. The summed E-state index contributed by atoms with van der Waals surface area (Å²) in [4.78, 5) is 0. The van der Waals surface area contributed by atoms with Gasteiger partial charge in [-0.3, -0.25) is 5.10 Å². The molecule has 1 aliphatic carbocycles. The predicted octanol–water partition coefficient (Wildman–Crippen LogP) is 2.00. The Bertz CT molecular complexity index is 314. The minimum atomic E-state index is 0.484. The Hall–Kier alpha value is -0.830. The lowest BCUT2D eigenvalue weighted by Crippen LogP contribution is -2.49. The van der Waals surface area contributed by atoms with Crippen LogP contribution in [-0.4, -0.2) is 16.2 Å². The lowest BCUT2D eigenvalue weighted by atomic mass is 9.67. The number of aryl methyl sites for hydroxylation is 1. The number of aromatic nitrogens is 2. The summed E-state index contributed by atoms with van der Waals surface area (Å²) in [7, 11) is 0. The summed E-state index contributed by atoms with van der Waals surface area (Å²) < 4.78 is 0. The molecule has 0 saturated heterocycles. The van der Waals surface area contributed by atoms with Crippen molar-refractivity contribution in [3.05, 3.63) is 17.5 Å². The number of H-pyrrole nitrogens is 1. The summed E-state index contributed by atoms with van der Waals surface area (Å²) in [5.74, 6) is 0. The van der Waals surface area contributed by atoms with Gasteiger partial charge in [0.15, 0.2) is 0 Å². The molecule has 0 amide bonds. The molecule has 0 aliphatic heterocycles. The van der Waals surface area contributed by atoms with E-state index in [4.69, 9.17) is 0 Å². The van der Waals surface area contributed by atoms with E-state index in [0.717, 1.165) is 6.54 Å². The van der Waals surface area contributed by atoms with E-state index in [1.807, 2.05) is 6.20 Å². The number of hydrogen-bond acceptors (Lipinski definition) is 2. The second kappa shape index (κ2) is 3.39. The number of nitrogens with one attached hydrogen (secondary N) is 2. The summed E-state index contributed by atoms with van der Waals surface area (Å²) in [6, 6.07) is 0.678. The molecule has 3 heteroatoms. The van der Waals surface area contributed by atoms with Crippen molar-refractivity contribution in [1.82, 2.24) is 15.5 Å². The van der Waals surface area contributed by atoms with Crippen LogP contribution in [0.15, 0.2) is 6.20 Å². The Kier molecular flexibility index (Phi) is 2.35. The first-order chi connectivity index (χ1) is 6.59. The second-order valence-electron chi connectivity index (χ2n) is 4.98. The molecule has 0 aromatic carbocycles. The van der Waals surface area contributed by atoms with Crippen molar-refractivity contribution < 1.29 is 0 Å². The van der Waals surface area contributed by atoms with Gasteiger partial charge in [0, 0.05) is 23.8 Å². The molecular weight excluding hydrogens is 174 g/mol. The fourth-order valence-electron chi connectivity index (χ4n) is 2.03. The highest BCUT2D eigenvalue weighted by atomic mass is 15.1. The van der Waals surface area contributed by atoms with Gasteiger partial charge in [0.25, 0.3) is 0 Å². The lowest BCUT2D eigenvalue weighted by Gasteiger charge is -2.45. The van der Waals surface area contributed by atoms with Crippen LogP contribution in [0.3, 0.4) is 0 Å². The van der Waals surface area contributed by atoms with Crippen molar-refractivity contribution >= 4 is 0 Å². The van der Waals surface area contributed by atoms with Gasteiger partial charge in [0.1, 0.15) is 0 Å². The Balaban J connectivity index is 1.87. The minimum Gasteiger partial charge on any atom is -0.309 e. The van der Waals surface area contributed by atoms with Crippen LogP contribution in [0, 0.1) is 12.3 Å². The lowest BCUT2D eigenvalue weighted by molar-refractivity contribution is 0.108. The van der Waals surface area contributed by atoms with Gasteiger partial charge >= 0.3 is 0 Å². The van der Waals surface area contributed by atoms with Gasteiger partial charge in [0.2, 0.25) is 0 Å². The molecule has 78 valence electrons. The molecule has 1 heterocycles. The van der Waals surface area contributed by atoms with E-state index in [1.165, 1.54) is 24.1 Å². The maximum atomic E-state index is 4.01. The summed E-state index contributed by atoms with van der Waals surface area (Å²) >= 11 is 0. The van der Waals surface area contributed by atoms with E-state index in [9.17, 15) is 0 Å². The molecule has 2 N–H and O–H groups in total. The summed E-state index contributed by atoms with van der Waals surface area (Å²) in [6.07, 6.45) is 4.56. The quantitative estimate of drug-likeness (QED) is 0.770. The SMILES string of the molecule is Cc1[nH]ncc1CNC1CCC1(C)C. The minimum absolute atomic E-state index is 0.484. The molecule has 1 aliphatic rings. The van der Waals surface area contributed by atoms with Crippen LogP contribution >= 0.6 is 0 Å². The van der Waals surface area contributed by atoms with Crippen LogP contribution < -0.4 is 5.32 Å². The van der Waals surface area contributed by atoms with Crippen molar-refractivity contribution in [2.75, 3.05) is 0 Å². The average molecular weight is 193 g/mol. The van der Waals surface area contributed by atoms with Crippen LogP contribution in [0.25, 0.3) is 0 Å². The fraction of sp³-hybridized carbons (Fsp3) is 0.727. The highest BCUT2D eigenvalue weighted by Crippen LogP contribution is 2.39. The van der Waals surface area contributed by atoms with Gasteiger partial charge in [-0.15, -0.1) is 0 Å². The molecule has 1 saturated carbocycles. The Labute approximate surface area is 85.3 Å². The van der Waals surface area contributed by atoms with Crippen molar-refractivity contribution in [2.45, 2.75) is 46.2 Å². The Morgan fingerprint density at radius 1 is 1.64 bits per heavy atom. The van der Waals surface area contributed by atoms with Crippen LogP contribution in [-0.2, 0) is 6.54 Å². The molecular formula is C11H19N3. The topological polar surface area (TPSA) is 40.7 Å². The largest absolute Gasteiger partial charge is 0.309 e. The Morgan fingerprint density at radius 3 is 2.86 bits per heavy atom. The van der Waals surface area contributed by atoms with Crippen LogP contribution in [0.4, 0.5) is 0 Å². The third-order valence-corrected chi connectivity index (χ3v) is 3.49. The third kappa shape index (κ3) is 1.69. The van der Waals surface area contributed by atoms with Gasteiger partial charge < -0.3 is 5.32 Å². The van der Waals surface area contributed by atoms with Crippen LogP contribution in [0.2, 0.25) is 0 Å². The van der Waals surface area contributed by atoms with E-state index in [-0.39, 0.29) is 0 Å². The third-order valence-electron chi connectivity index (χ3n) is 3.49. The van der Waals surface area contributed by atoms with Gasteiger partial charge in [0.05, 0.1) is 6.20 Å². The van der Waals surface area contributed by atoms with Crippen LogP contribution in [0.5, 0.6) is 0 Å². The monoisotopic (exact) mass is 193 g/mol. The van der Waals surface area contributed by atoms with E-state index in [0.29, 0.717) is 11.5 Å². The van der Waals surface area contributed by atoms with Gasteiger partial charge in [-0.25, -0.2) is 0 Å². The standard InChI is InChI=1S/C11H19N3/c1-8-9(7-13-14-8)6-12-10-4-5-11(10,2)3/h7,10,12H,4-6H2,1-3H3,(H,13,14). The molecule has 1 atom stereocenters. The molecule has 3 nitrogen and oxygen atoms in total. The number of rotatable bonds is 3. The van der Waals surface area contributed by atoms with E-state index < -0.39 is 0 Å². The van der Waals surface area contributed by atoms with Crippen LogP contribution in [0.1, 0.15) is 37.9 Å². The van der Waals surface area contributed by atoms with Gasteiger partial charge in [-0.2, -0.15) is 5.10 Å². The predicted molar refractivity (Wildman–Crippen MR) is 57.0 cm³/mol. The first kappa shape index (κ1) is 9.71. The molecule has 2 rings (SSSR count). The zero-order valence-corrected chi connectivity index (χ0v) is 9.22. The van der Waals surface area contributed by atoms with Gasteiger partial charge in [-0.1, -0.05) is 13.8 Å². The Morgan fingerprint density at radius 2 is 2.43 bits per heavy atom. The molecule has 1 fully saturated rings. The second-order valence-corrected chi connectivity index (χ2v) is 4.98. The molecule has 1 aromatic heterocycles. The number of aromatic amines is 1. The molecule has 1 aromatic rings. The van der Waals surface area contributed by atoms with Gasteiger partial charge in [-0.05, 0) is 25.2 Å². The zero-order chi connectivity index (χ0) is 10.2. The van der Waals surface area contributed by atoms with Crippen molar-refractivity contribution in [3.8, 4) is 0 Å². The fourth-order valence-corrected chi connectivity index (χ4v) is 2.03. The van der Waals surface area contributed by atoms with Crippen molar-refractivity contribution in [2.24, 2.45) is 5.41 Å². The van der Waals surface area contributed by atoms with E-state index in [1.54, 1.807) is 0 Å². The molecule has 0 bridgehead atoms. The normalized spacial score (nSPS) is 24.6. The summed E-state index contributed by atoms with van der Waals surface area (Å²) in [5, 5.41) is 10.6. The first-order valence-corrected chi connectivity index (χ1v) is 5.32. The maximum absolute atomic E-state index is 4.01. The smallest absolute Gasteiger partial charge is 0.0535 e. The maximum Gasteiger partial charge on any atom is 0.0535 e. The highest BCUT2D eigenvalue weighted by Gasteiger charge is 2.37. The van der Waals surface area contributed by atoms with Crippen molar-refractivity contribution in [1.29, 1.82) is 0 Å². The molecule has 0 radical (unpaired) electrons. The summed E-state index contributed by atoms with van der Waals surface area (Å²) in [5.41, 5.74) is 2.94.